The van der Waals surface area contributed by atoms with E-state index in [9.17, 15) is 4.79 Å². The fraction of sp³-hybridized carbons (Fsp3) is 0.385. The number of carbonyl (C=O) groups excluding carboxylic acids is 1. The van der Waals surface area contributed by atoms with Crippen LogP contribution in [-0.4, -0.2) is 41.7 Å². The van der Waals surface area contributed by atoms with Crippen molar-refractivity contribution in [2.75, 3.05) is 24.2 Å². The summed E-state index contributed by atoms with van der Waals surface area (Å²) >= 11 is 1.54. The molecule has 1 aromatic rings. The van der Waals surface area contributed by atoms with Crippen molar-refractivity contribution < 1.29 is 4.79 Å². The summed E-state index contributed by atoms with van der Waals surface area (Å²) in [5.74, 6) is 2.20. The van der Waals surface area contributed by atoms with Crippen molar-refractivity contribution in [1.29, 1.82) is 0 Å². The van der Waals surface area contributed by atoms with E-state index >= 15 is 0 Å². The van der Waals surface area contributed by atoms with Crippen LogP contribution < -0.4 is 21.7 Å². The number of anilines is 1. The van der Waals surface area contributed by atoms with E-state index in [1.165, 1.54) is 0 Å². The zero-order valence-corrected chi connectivity index (χ0v) is 12.3. The summed E-state index contributed by atoms with van der Waals surface area (Å²) in [5, 5.41) is 9.23. The van der Waals surface area contributed by atoms with Crippen LogP contribution in [0, 0.1) is 0 Å². The van der Waals surface area contributed by atoms with Gasteiger partial charge in [0.15, 0.2) is 0 Å². The van der Waals surface area contributed by atoms with E-state index in [4.69, 9.17) is 5.73 Å². The summed E-state index contributed by atoms with van der Waals surface area (Å²) in [7, 11) is 0. The molecule has 2 aliphatic rings. The summed E-state index contributed by atoms with van der Waals surface area (Å²) < 4.78 is 0. The van der Waals surface area contributed by atoms with Gasteiger partial charge in [-0.1, -0.05) is 0 Å². The second kappa shape index (κ2) is 6.23. The highest BCUT2D eigenvalue weighted by Gasteiger charge is 2.23. The summed E-state index contributed by atoms with van der Waals surface area (Å²) in [6, 6.07) is 1.89. The molecule has 0 fully saturated rings. The van der Waals surface area contributed by atoms with E-state index in [2.05, 4.69) is 25.9 Å². The van der Waals surface area contributed by atoms with Gasteiger partial charge in [0.1, 0.15) is 17.8 Å². The van der Waals surface area contributed by atoms with Crippen LogP contribution in [0.1, 0.15) is 12.0 Å². The Bertz CT molecular complexity index is 593. The smallest absolute Gasteiger partial charge is 0.264 e. The average molecular weight is 306 g/mol. The first-order valence-corrected chi connectivity index (χ1v) is 7.86. The molecule has 1 aromatic heterocycles. The van der Waals surface area contributed by atoms with Gasteiger partial charge in [-0.15, -0.1) is 11.8 Å². The number of amidine groups is 1. The molecule has 0 aromatic carbocycles. The minimum atomic E-state index is -0.133. The van der Waals surface area contributed by atoms with Crippen molar-refractivity contribution in [3.63, 3.8) is 0 Å². The number of fused-ring (bicyclic) bond motifs is 1. The number of hydrogen-bond donors (Lipinski definition) is 5. The van der Waals surface area contributed by atoms with Crippen molar-refractivity contribution in [2.45, 2.75) is 12.6 Å². The van der Waals surface area contributed by atoms with Crippen molar-refractivity contribution >= 4 is 29.3 Å². The highest BCUT2D eigenvalue weighted by molar-refractivity contribution is 8.04. The molecule has 2 aliphatic heterocycles. The molecule has 0 bridgehead atoms. The van der Waals surface area contributed by atoms with E-state index in [0.29, 0.717) is 23.7 Å². The molecular weight excluding hydrogens is 288 g/mol. The van der Waals surface area contributed by atoms with E-state index in [0.717, 1.165) is 23.7 Å². The Morgan fingerprint density at radius 2 is 2.48 bits per heavy atom. The monoisotopic (exact) mass is 306 g/mol. The molecule has 0 aliphatic carbocycles. The number of nitrogens with zero attached hydrogens (tertiary/aromatic N) is 1. The first-order chi connectivity index (χ1) is 10.3. The van der Waals surface area contributed by atoms with Crippen LogP contribution in [0.25, 0.3) is 0 Å². The molecule has 0 unspecified atom stereocenters. The number of H-pyrrole nitrogens is 1. The Balaban J connectivity index is 1.78. The van der Waals surface area contributed by atoms with Crippen molar-refractivity contribution in [1.82, 2.24) is 15.6 Å². The molecule has 0 saturated heterocycles. The normalized spacial score (nSPS) is 20.5. The van der Waals surface area contributed by atoms with Gasteiger partial charge in [0.25, 0.3) is 5.91 Å². The molecule has 0 radical (unpaired) electrons. The van der Waals surface area contributed by atoms with Crippen molar-refractivity contribution in [3.05, 3.63) is 28.9 Å². The van der Waals surface area contributed by atoms with Gasteiger partial charge < -0.3 is 26.7 Å². The Labute approximate surface area is 126 Å². The second-order valence-electron chi connectivity index (χ2n) is 4.75. The Morgan fingerprint density at radius 1 is 1.57 bits per heavy atom. The highest BCUT2D eigenvalue weighted by atomic mass is 32.2. The predicted octanol–water partition coefficient (Wildman–Crippen LogP) is 0.156. The van der Waals surface area contributed by atoms with Crippen LogP contribution in [-0.2, 0) is 4.79 Å². The minimum Gasteiger partial charge on any atom is -0.389 e. The molecule has 6 N–H and O–H groups in total. The molecule has 7 nitrogen and oxygen atoms in total. The quantitative estimate of drug-likeness (QED) is 0.547. The van der Waals surface area contributed by atoms with Gasteiger partial charge in [0.05, 0.1) is 10.5 Å². The third-order valence-electron chi connectivity index (χ3n) is 3.23. The van der Waals surface area contributed by atoms with Crippen LogP contribution in [0.3, 0.4) is 0 Å². The maximum absolute atomic E-state index is 12.3. The van der Waals surface area contributed by atoms with Gasteiger partial charge in [-0.05, 0) is 12.6 Å². The van der Waals surface area contributed by atoms with E-state index in [1.807, 2.05) is 12.3 Å². The van der Waals surface area contributed by atoms with Crippen LogP contribution in [0.5, 0.6) is 0 Å². The first kappa shape index (κ1) is 14.0. The van der Waals surface area contributed by atoms with Gasteiger partial charge in [-0.3, -0.25) is 4.79 Å². The largest absolute Gasteiger partial charge is 0.389 e. The number of aromatic nitrogens is 1. The van der Waals surface area contributed by atoms with Gasteiger partial charge in [0, 0.05) is 31.1 Å². The molecule has 112 valence electrons. The summed E-state index contributed by atoms with van der Waals surface area (Å²) in [6.07, 6.45) is 4.15. The molecule has 3 rings (SSSR count). The number of amides is 1. The maximum atomic E-state index is 12.3. The molecule has 3 heterocycles. The number of hydrogen-bond acceptors (Lipinski definition) is 6. The molecular formula is C13H18N6OS. The number of carbonyl (C=O) groups is 1. The van der Waals surface area contributed by atoms with Crippen molar-refractivity contribution in [3.8, 4) is 0 Å². The van der Waals surface area contributed by atoms with Crippen LogP contribution in [0.4, 0.5) is 5.82 Å². The van der Waals surface area contributed by atoms with Crippen LogP contribution in [0.15, 0.2) is 28.4 Å². The van der Waals surface area contributed by atoms with Gasteiger partial charge in [-0.2, -0.15) is 0 Å². The summed E-state index contributed by atoms with van der Waals surface area (Å²) in [4.78, 5) is 20.6. The first-order valence-electron chi connectivity index (χ1n) is 6.88. The molecule has 8 heteroatoms. The standard InChI is InChI=1S/C13H18N6OS/c14-3-1-10-17-11-8(2-4-16-11)12(18-10)19-13(20)9-7-15-5-6-21-9/h2,4,7,10,15-17H,1,3,5-6,14H2,(H,18,19,20)/t10-/m1/s1. The fourth-order valence-corrected chi connectivity index (χ4v) is 3.02. The van der Waals surface area contributed by atoms with E-state index in [-0.39, 0.29) is 12.1 Å². The number of aliphatic imine (C=N–C) groups is 1. The van der Waals surface area contributed by atoms with Gasteiger partial charge in [0.2, 0.25) is 0 Å². The molecule has 0 spiro atoms. The van der Waals surface area contributed by atoms with Crippen LogP contribution in [0.2, 0.25) is 0 Å². The lowest BCUT2D eigenvalue weighted by Crippen LogP contribution is -2.38. The topological polar surface area (TPSA) is 107 Å². The SMILES string of the molecule is NCC[C@H]1N=C(NC(=O)C2=CNCCS2)c2cc[nH]c2N1. The molecule has 21 heavy (non-hydrogen) atoms. The zero-order chi connectivity index (χ0) is 14.7. The van der Waals surface area contributed by atoms with Crippen molar-refractivity contribution in [2.24, 2.45) is 10.7 Å². The summed E-state index contributed by atoms with van der Waals surface area (Å²) in [6.45, 7) is 1.41. The highest BCUT2D eigenvalue weighted by Crippen LogP contribution is 2.22. The molecule has 0 saturated carbocycles. The average Bonchev–Trinajstić information content (AvgIpc) is 2.97. The molecule has 1 atom stereocenters. The lowest BCUT2D eigenvalue weighted by atomic mass is 10.2. The Kier molecular flexibility index (Phi) is 4.16. The number of rotatable bonds is 3. The number of aromatic amines is 1. The van der Waals surface area contributed by atoms with Gasteiger partial charge >= 0.3 is 0 Å². The molecule has 1 amide bonds. The number of nitrogens with one attached hydrogen (secondary N) is 4. The Morgan fingerprint density at radius 3 is 3.24 bits per heavy atom. The zero-order valence-electron chi connectivity index (χ0n) is 11.5. The third-order valence-corrected chi connectivity index (χ3v) is 4.25. The summed E-state index contributed by atoms with van der Waals surface area (Å²) in [5.41, 5.74) is 6.46. The van der Waals surface area contributed by atoms with Gasteiger partial charge in [-0.25, -0.2) is 4.99 Å². The minimum absolute atomic E-state index is 0.123. The number of nitrogens with two attached hydrogens (primary N) is 1. The maximum Gasteiger partial charge on any atom is 0.264 e. The van der Waals surface area contributed by atoms with Crippen LogP contribution >= 0.6 is 11.8 Å². The Hall–Kier alpha value is -1.93. The predicted molar refractivity (Wildman–Crippen MR) is 85.1 cm³/mol. The third kappa shape index (κ3) is 3.06. The number of thioether (sulfide) groups is 1. The fourth-order valence-electron chi connectivity index (χ4n) is 2.23. The van der Waals surface area contributed by atoms with E-state index < -0.39 is 0 Å². The van der Waals surface area contributed by atoms with E-state index in [1.54, 1.807) is 18.0 Å². The lowest BCUT2D eigenvalue weighted by Gasteiger charge is -2.23. The lowest BCUT2D eigenvalue weighted by molar-refractivity contribution is -0.115. The second-order valence-corrected chi connectivity index (χ2v) is 5.88.